The summed E-state index contributed by atoms with van der Waals surface area (Å²) in [6.45, 7) is 0. The number of benzene rings is 1. The summed E-state index contributed by atoms with van der Waals surface area (Å²) in [5, 5.41) is 8.61. The molecule has 0 amide bonds. The van der Waals surface area contributed by atoms with Crippen molar-refractivity contribution in [3.8, 4) is 6.07 Å². The molecule has 1 aliphatic rings. The summed E-state index contributed by atoms with van der Waals surface area (Å²) in [5.74, 6) is 0. The zero-order valence-electron chi connectivity index (χ0n) is 8.87. The average molecular weight is 200 g/mol. The molecule has 1 aliphatic carbocycles. The van der Waals surface area contributed by atoms with Crippen LogP contribution in [0.4, 0.5) is 0 Å². The number of rotatable bonds is 2. The predicted molar refractivity (Wildman–Crippen MR) is 60.2 cm³/mol. The van der Waals surface area contributed by atoms with Crippen LogP contribution in [0.15, 0.2) is 18.2 Å². The maximum absolute atomic E-state index is 8.61. The quantitative estimate of drug-likeness (QED) is 0.797. The highest BCUT2D eigenvalue weighted by atomic mass is 14.6. The molecule has 1 unspecified atom stereocenters. The predicted octanol–water partition coefficient (Wildman–Crippen LogP) is 2.48. The second-order valence-corrected chi connectivity index (χ2v) is 4.20. The molecule has 0 fully saturated rings. The molecular weight excluding hydrogens is 184 g/mol. The lowest BCUT2D eigenvalue weighted by molar-refractivity contribution is 0.678. The molecule has 78 valence electrons. The zero-order valence-corrected chi connectivity index (χ0v) is 8.87. The summed E-state index contributed by atoms with van der Waals surface area (Å²) in [4.78, 5) is 0. The highest BCUT2D eigenvalue weighted by Crippen LogP contribution is 2.24. The van der Waals surface area contributed by atoms with Crippen molar-refractivity contribution in [3.05, 3.63) is 34.9 Å². The number of fused-ring (bicyclic) bond motifs is 1. The topological polar surface area (TPSA) is 49.8 Å². The molecule has 2 rings (SSSR count). The highest BCUT2D eigenvalue weighted by Gasteiger charge is 2.12. The second-order valence-electron chi connectivity index (χ2n) is 4.20. The summed E-state index contributed by atoms with van der Waals surface area (Å²) in [6.07, 6.45) is 5.35. The van der Waals surface area contributed by atoms with Gasteiger partial charge in [-0.2, -0.15) is 5.26 Å². The minimum Gasteiger partial charge on any atom is -0.323 e. The Morgan fingerprint density at radius 3 is 2.73 bits per heavy atom. The van der Waals surface area contributed by atoms with Crippen LogP contribution in [0.3, 0.4) is 0 Å². The van der Waals surface area contributed by atoms with Gasteiger partial charge in [-0.15, -0.1) is 0 Å². The van der Waals surface area contributed by atoms with Crippen LogP contribution >= 0.6 is 0 Å². The summed E-state index contributed by atoms with van der Waals surface area (Å²) in [5.41, 5.74) is 9.93. The van der Waals surface area contributed by atoms with Gasteiger partial charge in [-0.1, -0.05) is 18.2 Å². The minimum absolute atomic E-state index is 0.123. The normalized spacial score (nSPS) is 16.5. The van der Waals surface area contributed by atoms with E-state index in [-0.39, 0.29) is 6.04 Å². The fourth-order valence-corrected chi connectivity index (χ4v) is 2.20. The maximum Gasteiger partial charge on any atom is 0.0641 e. The molecule has 2 N–H and O–H groups in total. The minimum atomic E-state index is -0.123. The number of nitrogens with zero attached hydrogens (tertiary/aromatic N) is 1. The standard InChI is InChI=1S/C13H16N2/c14-8-7-13(15)12-6-5-10-3-1-2-4-11(10)9-12/h5-6,9,13H,1-4,7,15H2. The van der Waals surface area contributed by atoms with E-state index in [1.54, 1.807) is 0 Å². The first-order chi connectivity index (χ1) is 7.31. The van der Waals surface area contributed by atoms with E-state index in [9.17, 15) is 0 Å². The molecule has 0 saturated heterocycles. The summed E-state index contributed by atoms with van der Waals surface area (Å²) >= 11 is 0. The van der Waals surface area contributed by atoms with Crippen LogP contribution in [-0.2, 0) is 12.8 Å². The summed E-state index contributed by atoms with van der Waals surface area (Å²) in [6, 6.07) is 8.45. The number of aryl methyl sites for hydroxylation is 2. The number of hydrogen-bond acceptors (Lipinski definition) is 2. The van der Waals surface area contributed by atoms with Crippen molar-refractivity contribution in [2.45, 2.75) is 38.1 Å². The van der Waals surface area contributed by atoms with Crippen molar-refractivity contribution in [2.75, 3.05) is 0 Å². The van der Waals surface area contributed by atoms with E-state index in [0.717, 1.165) is 5.56 Å². The van der Waals surface area contributed by atoms with Gasteiger partial charge in [0.25, 0.3) is 0 Å². The lowest BCUT2D eigenvalue weighted by atomic mass is 9.89. The van der Waals surface area contributed by atoms with Gasteiger partial charge in [-0.25, -0.2) is 0 Å². The van der Waals surface area contributed by atoms with Crippen LogP contribution in [0.2, 0.25) is 0 Å². The van der Waals surface area contributed by atoms with Crippen molar-refractivity contribution < 1.29 is 0 Å². The van der Waals surface area contributed by atoms with E-state index < -0.39 is 0 Å². The first kappa shape index (κ1) is 10.2. The Kier molecular flexibility index (Phi) is 3.03. The van der Waals surface area contributed by atoms with E-state index in [1.807, 2.05) is 0 Å². The molecule has 0 radical (unpaired) electrons. The first-order valence-corrected chi connectivity index (χ1v) is 5.55. The van der Waals surface area contributed by atoms with Gasteiger partial charge in [0, 0.05) is 6.04 Å². The molecule has 0 bridgehead atoms. The van der Waals surface area contributed by atoms with Gasteiger partial charge in [0.1, 0.15) is 0 Å². The molecule has 1 atom stereocenters. The third kappa shape index (κ3) is 2.19. The molecule has 0 spiro atoms. The molecule has 0 aliphatic heterocycles. The Hall–Kier alpha value is -1.33. The van der Waals surface area contributed by atoms with Crippen molar-refractivity contribution in [2.24, 2.45) is 5.73 Å². The van der Waals surface area contributed by atoms with Crippen molar-refractivity contribution >= 4 is 0 Å². The summed E-state index contributed by atoms with van der Waals surface area (Å²) in [7, 11) is 0. The van der Waals surface area contributed by atoms with Gasteiger partial charge in [-0.3, -0.25) is 0 Å². The number of nitriles is 1. The molecule has 1 aromatic carbocycles. The van der Waals surface area contributed by atoms with Gasteiger partial charge in [-0.05, 0) is 42.4 Å². The largest absolute Gasteiger partial charge is 0.323 e. The Morgan fingerprint density at radius 2 is 2.00 bits per heavy atom. The van der Waals surface area contributed by atoms with Gasteiger partial charge >= 0.3 is 0 Å². The molecule has 2 heteroatoms. The number of hydrogen-bond donors (Lipinski definition) is 1. The highest BCUT2D eigenvalue weighted by molar-refractivity contribution is 5.35. The van der Waals surface area contributed by atoms with E-state index in [0.29, 0.717) is 6.42 Å². The van der Waals surface area contributed by atoms with E-state index in [1.165, 1.54) is 36.8 Å². The molecule has 2 nitrogen and oxygen atoms in total. The lowest BCUT2D eigenvalue weighted by Gasteiger charge is -2.18. The molecule has 0 aromatic heterocycles. The van der Waals surface area contributed by atoms with Gasteiger partial charge < -0.3 is 5.73 Å². The monoisotopic (exact) mass is 200 g/mol. The fourth-order valence-electron chi connectivity index (χ4n) is 2.20. The molecule has 1 aromatic rings. The average Bonchev–Trinajstić information content (AvgIpc) is 2.29. The van der Waals surface area contributed by atoms with Gasteiger partial charge in [0.2, 0.25) is 0 Å². The van der Waals surface area contributed by atoms with Crippen LogP contribution in [0.1, 0.15) is 42.0 Å². The van der Waals surface area contributed by atoms with Gasteiger partial charge in [0.05, 0.1) is 12.5 Å². The van der Waals surface area contributed by atoms with Crippen LogP contribution in [0, 0.1) is 11.3 Å². The molecule has 15 heavy (non-hydrogen) atoms. The Bertz CT molecular complexity index is 390. The fraction of sp³-hybridized carbons (Fsp3) is 0.462. The second kappa shape index (κ2) is 4.46. The third-order valence-electron chi connectivity index (χ3n) is 3.11. The number of nitrogens with two attached hydrogens (primary N) is 1. The Balaban J connectivity index is 2.24. The van der Waals surface area contributed by atoms with Crippen LogP contribution in [0.25, 0.3) is 0 Å². The lowest BCUT2D eigenvalue weighted by Crippen LogP contribution is -2.11. The Labute approximate surface area is 90.7 Å². The molecular formula is C13H16N2. The zero-order chi connectivity index (χ0) is 10.7. The van der Waals surface area contributed by atoms with E-state index in [2.05, 4.69) is 24.3 Å². The van der Waals surface area contributed by atoms with E-state index in [4.69, 9.17) is 11.0 Å². The van der Waals surface area contributed by atoms with Crippen molar-refractivity contribution in [1.82, 2.24) is 0 Å². The summed E-state index contributed by atoms with van der Waals surface area (Å²) < 4.78 is 0. The first-order valence-electron chi connectivity index (χ1n) is 5.55. The van der Waals surface area contributed by atoms with E-state index >= 15 is 0 Å². The van der Waals surface area contributed by atoms with Crippen molar-refractivity contribution in [3.63, 3.8) is 0 Å². The van der Waals surface area contributed by atoms with Crippen LogP contribution < -0.4 is 5.73 Å². The molecule has 0 heterocycles. The molecule has 0 saturated carbocycles. The SMILES string of the molecule is N#CCC(N)c1ccc2c(c1)CCCC2. The van der Waals surface area contributed by atoms with Crippen molar-refractivity contribution in [1.29, 1.82) is 5.26 Å². The smallest absolute Gasteiger partial charge is 0.0641 e. The Morgan fingerprint density at radius 1 is 1.27 bits per heavy atom. The maximum atomic E-state index is 8.61. The van der Waals surface area contributed by atoms with Gasteiger partial charge in [0.15, 0.2) is 0 Å². The van der Waals surface area contributed by atoms with Crippen LogP contribution in [0.5, 0.6) is 0 Å². The van der Waals surface area contributed by atoms with Crippen LogP contribution in [-0.4, -0.2) is 0 Å². The third-order valence-corrected chi connectivity index (χ3v) is 3.11.